The largest absolute Gasteiger partial charge is 0.340 e. The number of carbonyl (C=O) groups is 2. The Morgan fingerprint density at radius 3 is 2.64 bits per heavy atom. The van der Waals surface area contributed by atoms with Crippen LogP contribution in [0, 0.1) is 6.92 Å². The Morgan fingerprint density at radius 1 is 1.12 bits per heavy atom. The molecule has 1 aliphatic rings. The Kier molecular flexibility index (Phi) is 3.84. The molecular formula is C20H19N3O2. The number of imidazole rings is 1. The van der Waals surface area contributed by atoms with E-state index < -0.39 is 11.7 Å². The van der Waals surface area contributed by atoms with Crippen LogP contribution in [0.25, 0.3) is 11.0 Å². The quantitative estimate of drug-likeness (QED) is 0.590. The highest BCUT2D eigenvalue weighted by atomic mass is 16.2. The molecule has 1 aliphatic heterocycles. The van der Waals surface area contributed by atoms with E-state index in [9.17, 15) is 9.59 Å². The van der Waals surface area contributed by atoms with Gasteiger partial charge in [0.05, 0.1) is 17.1 Å². The monoisotopic (exact) mass is 333 g/mol. The van der Waals surface area contributed by atoms with Crippen LogP contribution in [-0.4, -0.2) is 33.1 Å². The molecule has 0 saturated carbocycles. The third-order valence-corrected chi connectivity index (χ3v) is 4.74. The van der Waals surface area contributed by atoms with E-state index in [0.29, 0.717) is 12.1 Å². The topological polar surface area (TPSA) is 66.1 Å². The number of aryl methyl sites for hydroxylation is 1. The smallest absolute Gasteiger partial charge is 0.295 e. The van der Waals surface area contributed by atoms with Crippen LogP contribution in [0.2, 0.25) is 0 Å². The van der Waals surface area contributed by atoms with Crippen molar-refractivity contribution < 1.29 is 9.59 Å². The van der Waals surface area contributed by atoms with Crippen molar-refractivity contribution in [3.63, 3.8) is 0 Å². The van der Waals surface area contributed by atoms with Gasteiger partial charge in [-0.1, -0.05) is 42.0 Å². The van der Waals surface area contributed by atoms with Crippen molar-refractivity contribution in [1.82, 2.24) is 14.9 Å². The summed E-state index contributed by atoms with van der Waals surface area (Å²) in [5.74, 6) is -0.154. The lowest BCUT2D eigenvalue weighted by Gasteiger charge is -2.22. The number of para-hydroxylation sites is 2. The lowest BCUT2D eigenvalue weighted by atomic mass is 10.1. The van der Waals surface area contributed by atoms with Crippen LogP contribution in [0.5, 0.6) is 0 Å². The Balaban J connectivity index is 1.61. The summed E-state index contributed by atoms with van der Waals surface area (Å²) >= 11 is 0. The van der Waals surface area contributed by atoms with Gasteiger partial charge in [0, 0.05) is 12.1 Å². The second-order valence-corrected chi connectivity index (χ2v) is 6.49. The van der Waals surface area contributed by atoms with Gasteiger partial charge in [0.1, 0.15) is 5.82 Å². The molecule has 2 heterocycles. The van der Waals surface area contributed by atoms with Gasteiger partial charge in [-0.2, -0.15) is 0 Å². The number of Topliss-reactive ketones (excluding diaryl/α,β-unsaturated/α-hetero) is 1. The van der Waals surface area contributed by atoms with E-state index in [2.05, 4.69) is 9.97 Å². The highest BCUT2D eigenvalue weighted by Crippen LogP contribution is 2.31. The van der Waals surface area contributed by atoms with Gasteiger partial charge in [-0.25, -0.2) is 4.98 Å². The minimum absolute atomic E-state index is 0.172. The van der Waals surface area contributed by atoms with E-state index in [4.69, 9.17) is 0 Å². The summed E-state index contributed by atoms with van der Waals surface area (Å²) in [4.78, 5) is 34.9. The van der Waals surface area contributed by atoms with Crippen LogP contribution >= 0.6 is 0 Å². The summed E-state index contributed by atoms with van der Waals surface area (Å²) in [5.41, 5.74) is 3.32. The molecule has 1 N–H and O–H groups in total. The molecule has 5 nitrogen and oxygen atoms in total. The molecule has 25 heavy (non-hydrogen) atoms. The number of hydrogen-bond acceptors (Lipinski definition) is 3. The number of carbonyl (C=O) groups excluding carboxylic acids is 2. The fourth-order valence-corrected chi connectivity index (χ4v) is 3.38. The van der Waals surface area contributed by atoms with Gasteiger partial charge in [0.2, 0.25) is 5.78 Å². The molecule has 4 rings (SSSR count). The molecular weight excluding hydrogens is 314 g/mol. The summed E-state index contributed by atoms with van der Waals surface area (Å²) in [6, 6.07) is 14.7. The van der Waals surface area contributed by atoms with Gasteiger partial charge in [-0.05, 0) is 31.9 Å². The Bertz CT molecular complexity index is 910. The molecule has 1 fully saturated rings. The first-order chi connectivity index (χ1) is 12.1. The van der Waals surface area contributed by atoms with Crippen LogP contribution in [0.15, 0.2) is 48.5 Å². The molecule has 0 aliphatic carbocycles. The maximum atomic E-state index is 12.8. The lowest BCUT2D eigenvalue weighted by Crippen LogP contribution is -2.36. The van der Waals surface area contributed by atoms with Gasteiger partial charge in [-0.3, -0.25) is 9.59 Å². The van der Waals surface area contributed by atoms with E-state index in [1.165, 1.54) is 0 Å². The standard InChI is InChI=1S/C20H19N3O2/c1-13-8-10-14(11-9-13)18(24)20(25)23-12-4-7-17(23)19-21-15-5-2-3-6-16(15)22-19/h2-3,5-6,8-11,17H,4,7,12H2,1H3,(H,21,22)/t17-/m0/s1. The average Bonchev–Trinajstić information content (AvgIpc) is 3.27. The minimum Gasteiger partial charge on any atom is -0.340 e. The Labute approximate surface area is 145 Å². The van der Waals surface area contributed by atoms with Crippen LogP contribution < -0.4 is 0 Å². The summed E-state index contributed by atoms with van der Waals surface area (Å²) in [6.45, 7) is 2.53. The molecule has 0 unspecified atom stereocenters. The average molecular weight is 333 g/mol. The summed E-state index contributed by atoms with van der Waals surface area (Å²) in [5, 5.41) is 0. The zero-order valence-electron chi connectivity index (χ0n) is 14.0. The number of rotatable bonds is 3. The molecule has 1 saturated heterocycles. The first-order valence-electron chi connectivity index (χ1n) is 8.50. The fraction of sp³-hybridized carbons (Fsp3) is 0.250. The van der Waals surface area contributed by atoms with Gasteiger partial charge < -0.3 is 9.88 Å². The molecule has 0 spiro atoms. The number of hydrogen-bond donors (Lipinski definition) is 1. The van der Waals surface area contributed by atoms with Crippen LogP contribution in [0.1, 0.15) is 40.6 Å². The molecule has 0 radical (unpaired) electrons. The molecule has 1 aromatic heterocycles. The normalized spacial score (nSPS) is 17.2. The molecule has 1 atom stereocenters. The number of aromatic nitrogens is 2. The maximum Gasteiger partial charge on any atom is 0.295 e. The highest BCUT2D eigenvalue weighted by molar-refractivity contribution is 6.42. The number of nitrogens with zero attached hydrogens (tertiary/aromatic N) is 2. The number of amides is 1. The molecule has 1 amide bonds. The second-order valence-electron chi connectivity index (χ2n) is 6.49. The molecule has 5 heteroatoms. The number of aromatic amines is 1. The molecule has 0 bridgehead atoms. The lowest BCUT2D eigenvalue weighted by molar-refractivity contribution is -0.127. The summed E-state index contributed by atoms with van der Waals surface area (Å²) in [6.07, 6.45) is 1.68. The van der Waals surface area contributed by atoms with Crippen molar-refractivity contribution in [3.05, 3.63) is 65.5 Å². The predicted molar refractivity (Wildman–Crippen MR) is 95.3 cm³/mol. The van der Waals surface area contributed by atoms with E-state index in [0.717, 1.165) is 35.3 Å². The molecule has 3 aromatic rings. The summed E-state index contributed by atoms with van der Waals surface area (Å²) < 4.78 is 0. The van der Waals surface area contributed by atoms with Crippen molar-refractivity contribution in [2.24, 2.45) is 0 Å². The second kappa shape index (κ2) is 6.16. The van der Waals surface area contributed by atoms with Crippen molar-refractivity contribution in [2.75, 3.05) is 6.54 Å². The van der Waals surface area contributed by atoms with E-state index in [-0.39, 0.29) is 6.04 Å². The van der Waals surface area contributed by atoms with E-state index in [1.807, 2.05) is 43.3 Å². The Hall–Kier alpha value is -2.95. The fourth-order valence-electron chi connectivity index (χ4n) is 3.38. The first kappa shape index (κ1) is 15.6. The van der Waals surface area contributed by atoms with Crippen molar-refractivity contribution >= 4 is 22.7 Å². The highest BCUT2D eigenvalue weighted by Gasteiger charge is 2.35. The zero-order valence-corrected chi connectivity index (χ0v) is 14.0. The number of ketones is 1. The number of H-pyrrole nitrogens is 1. The van der Waals surface area contributed by atoms with E-state index in [1.54, 1.807) is 17.0 Å². The SMILES string of the molecule is Cc1ccc(C(=O)C(=O)N2CCC[C@H]2c2nc3ccccc3[nH]2)cc1. The molecule has 126 valence electrons. The van der Waals surface area contributed by atoms with Gasteiger partial charge in [-0.15, -0.1) is 0 Å². The van der Waals surface area contributed by atoms with Crippen molar-refractivity contribution in [2.45, 2.75) is 25.8 Å². The number of likely N-dealkylation sites (tertiary alicyclic amines) is 1. The summed E-state index contributed by atoms with van der Waals surface area (Å²) in [7, 11) is 0. The van der Waals surface area contributed by atoms with E-state index >= 15 is 0 Å². The third-order valence-electron chi connectivity index (χ3n) is 4.74. The van der Waals surface area contributed by atoms with Gasteiger partial charge in [0.15, 0.2) is 0 Å². The number of benzene rings is 2. The number of nitrogens with one attached hydrogen (secondary N) is 1. The number of fused-ring (bicyclic) bond motifs is 1. The van der Waals surface area contributed by atoms with Crippen LogP contribution in [0.4, 0.5) is 0 Å². The predicted octanol–water partition coefficient (Wildman–Crippen LogP) is 3.42. The maximum absolute atomic E-state index is 12.8. The third kappa shape index (κ3) is 2.82. The molecule has 2 aromatic carbocycles. The van der Waals surface area contributed by atoms with Gasteiger partial charge >= 0.3 is 0 Å². The Morgan fingerprint density at radius 2 is 1.88 bits per heavy atom. The van der Waals surface area contributed by atoms with Crippen LogP contribution in [0.3, 0.4) is 0 Å². The van der Waals surface area contributed by atoms with Crippen LogP contribution in [-0.2, 0) is 4.79 Å². The van der Waals surface area contributed by atoms with Gasteiger partial charge in [0.25, 0.3) is 5.91 Å². The minimum atomic E-state index is -0.456. The van der Waals surface area contributed by atoms with Crippen molar-refractivity contribution in [3.8, 4) is 0 Å². The first-order valence-corrected chi connectivity index (χ1v) is 8.50. The van der Waals surface area contributed by atoms with Crippen molar-refractivity contribution in [1.29, 1.82) is 0 Å². The zero-order chi connectivity index (χ0) is 17.4.